The Morgan fingerprint density at radius 3 is 2.15 bits per heavy atom. The van der Waals surface area contributed by atoms with E-state index in [4.69, 9.17) is 9.47 Å². The van der Waals surface area contributed by atoms with Crippen molar-refractivity contribution in [3.8, 4) is 5.75 Å². The Balaban J connectivity index is 2.16. The Bertz CT molecular complexity index is 300. The van der Waals surface area contributed by atoms with E-state index in [1.54, 1.807) is 7.11 Å². The zero-order valence-corrected chi connectivity index (χ0v) is 8.20. The maximum absolute atomic E-state index is 5.52. The summed E-state index contributed by atoms with van der Waals surface area (Å²) in [5, 5.41) is 0. The Labute approximate surface area is 78.5 Å². The molecule has 0 N–H and O–H groups in total. The molecule has 2 rings (SSSR count). The van der Waals surface area contributed by atoms with Crippen LogP contribution in [0.15, 0.2) is 24.3 Å². The number of hydrogen-bond acceptors (Lipinski definition) is 2. The van der Waals surface area contributed by atoms with Crippen molar-refractivity contribution >= 4 is 0 Å². The van der Waals surface area contributed by atoms with Gasteiger partial charge in [0.2, 0.25) is 0 Å². The van der Waals surface area contributed by atoms with Crippen molar-refractivity contribution in [2.75, 3.05) is 7.11 Å². The fourth-order valence-electron chi connectivity index (χ4n) is 1.52. The zero-order valence-electron chi connectivity index (χ0n) is 8.20. The molecule has 0 spiro atoms. The molecular weight excluding hydrogens is 164 g/mol. The van der Waals surface area contributed by atoms with Gasteiger partial charge in [0.25, 0.3) is 0 Å². The van der Waals surface area contributed by atoms with Gasteiger partial charge in [0.1, 0.15) is 11.9 Å². The number of hydrogen-bond donors (Lipinski definition) is 0. The molecule has 2 nitrogen and oxygen atoms in total. The highest BCUT2D eigenvalue weighted by Crippen LogP contribution is 2.48. The highest BCUT2D eigenvalue weighted by molar-refractivity contribution is 5.31. The maximum atomic E-state index is 5.52. The summed E-state index contributed by atoms with van der Waals surface area (Å²) in [5.74, 6) is 0.891. The minimum absolute atomic E-state index is 0.0224. The second-order valence-electron chi connectivity index (χ2n) is 3.87. The highest BCUT2D eigenvalue weighted by Gasteiger charge is 2.48. The van der Waals surface area contributed by atoms with Gasteiger partial charge >= 0.3 is 0 Å². The summed E-state index contributed by atoms with van der Waals surface area (Å²) in [4.78, 5) is 0. The first-order valence-corrected chi connectivity index (χ1v) is 4.45. The van der Waals surface area contributed by atoms with Crippen molar-refractivity contribution in [3.05, 3.63) is 29.8 Å². The lowest BCUT2D eigenvalue weighted by molar-refractivity contribution is 0.325. The van der Waals surface area contributed by atoms with E-state index in [-0.39, 0.29) is 11.7 Å². The molecule has 13 heavy (non-hydrogen) atoms. The Morgan fingerprint density at radius 2 is 1.77 bits per heavy atom. The minimum atomic E-state index is 0.0224. The van der Waals surface area contributed by atoms with E-state index in [9.17, 15) is 0 Å². The number of methoxy groups -OCH3 is 1. The molecule has 1 atom stereocenters. The molecule has 0 radical (unpaired) electrons. The fourth-order valence-corrected chi connectivity index (χ4v) is 1.52. The second-order valence-corrected chi connectivity index (χ2v) is 3.87. The van der Waals surface area contributed by atoms with Crippen LogP contribution in [-0.4, -0.2) is 12.7 Å². The first-order valence-electron chi connectivity index (χ1n) is 4.45. The van der Waals surface area contributed by atoms with Crippen molar-refractivity contribution < 1.29 is 9.47 Å². The fraction of sp³-hybridized carbons (Fsp3) is 0.455. The largest absolute Gasteiger partial charge is 0.497 e. The van der Waals surface area contributed by atoms with Gasteiger partial charge in [0, 0.05) is 0 Å². The molecule has 0 amide bonds. The van der Waals surface area contributed by atoms with E-state index in [1.165, 1.54) is 5.56 Å². The molecule has 2 heteroatoms. The molecule has 0 bridgehead atoms. The lowest BCUT2D eigenvalue weighted by Gasteiger charge is -2.01. The van der Waals surface area contributed by atoms with E-state index in [2.05, 4.69) is 26.0 Å². The first-order chi connectivity index (χ1) is 6.13. The van der Waals surface area contributed by atoms with Crippen molar-refractivity contribution in [1.82, 2.24) is 0 Å². The van der Waals surface area contributed by atoms with E-state index in [1.807, 2.05) is 12.1 Å². The van der Waals surface area contributed by atoms with Crippen LogP contribution in [0.3, 0.4) is 0 Å². The van der Waals surface area contributed by atoms with Crippen molar-refractivity contribution in [2.24, 2.45) is 0 Å². The third kappa shape index (κ3) is 1.54. The molecule has 1 saturated heterocycles. The number of rotatable bonds is 2. The smallest absolute Gasteiger partial charge is 0.118 e. The molecule has 1 fully saturated rings. The Morgan fingerprint density at radius 1 is 1.23 bits per heavy atom. The summed E-state index contributed by atoms with van der Waals surface area (Å²) in [6.45, 7) is 4.20. The third-order valence-corrected chi connectivity index (χ3v) is 2.41. The van der Waals surface area contributed by atoms with E-state index < -0.39 is 0 Å². The lowest BCUT2D eigenvalue weighted by atomic mass is 10.0. The van der Waals surface area contributed by atoms with Gasteiger partial charge in [-0.3, -0.25) is 0 Å². The van der Waals surface area contributed by atoms with Crippen molar-refractivity contribution in [2.45, 2.75) is 25.6 Å². The van der Waals surface area contributed by atoms with Crippen LogP contribution in [0.25, 0.3) is 0 Å². The molecule has 70 valence electrons. The minimum Gasteiger partial charge on any atom is -0.497 e. The van der Waals surface area contributed by atoms with E-state index >= 15 is 0 Å². The molecule has 1 aromatic carbocycles. The second kappa shape index (κ2) is 2.74. The average Bonchev–Trinajstić information content (AvgIpc) is 2.76. The highest BCUT2D eigenvalue weighted by atomic mass is 16.6. The molecule has 0 aromatic heterocycles. The maximum Gasteiger partial charge on any atom is 0.118 e. The number of benzene rings is 1. The van der Waals surface area contributed by atoms with Gasteiger partial charge in [0.05, 0.1) is 12.7 Å². The topological polar surface area (TPSA) is 21.8 Å². The molecule has 1 unspecified atom stereocenters. The Hall–Kier alpha value is -1.02. The van der Waals surface area contributed by atoms with Crippen LogP contribution in [-0.2, 0) is 4.74 Å². The summed E-state index contributed by atoms with van der Waals surface area (Å²) in [6, 6.07) is 8.04. The van der Waals surface area contributed by atoms with Gasteiger partial charge in [0.15, 0.2) is 0 Å². The van der Waals surface area contributed by atoms with Gasteiger partial charge in [-0.15, -0.1) is 0 Å². The van der Waals surface area contributed by atoms with E-state index in [0.717, 1.165) is 5.75 Å². The van der Waals surface area contributed by atoms with Crippen molar-refractivity contribution in [1.29, 1.82) is 0 Å². The lowest BCUT2D eigenvalue weighted by Crippen LogP contribution is -1.97. The molecule has 0 saturated carbocycles. The van der Waals surface area contributed by atoms with Crippen LogP contribution in [0, 0.1) is 0 Å². The molecule has 1 aliphatic heterocycles. The first kappa shape index (κ1) is 8.57. The monoisotopic (exact) mass is 178 g/mol. The normalized spacial score (nSPS) is 24.1. The van der Waals surface area contributed by atoms with Crippen LogP contribution in [0.1, 0.15) is 25.5 Å². The number of ether oxygens (including phenoxy) is 2. The predicted molar refractivity (Wildman–Crippen MR) is 50.9 cm³/mol. The van der Waals surface area contributed by atoms with Crippen LogP contribution >= 0.6 is 0 Å². The SMILES string of the molecule is COc1ccc(C2OC2(C)C)cc1. The molecule has 1 aliphatic rings. The summed E-state index contributed by atoms with van der Waals surface area (Å²) in [5.41, 5.74) is 1.25. The van der Waals surface area contributed by atoms with E-state index in [0.29, 0.717) is 0 Å². The zero-order chi connectivity index (χ0) is 9.47. The van der Waals surface area contributed by atoms with Gasteiger partial charge in [-0.2, -0.15) is 0 Å². The van der Waals surface area contributed by atoms with Gasteiger partial charge in [-0.05, 0) is 31.5 Å². The van der Waals surface area contributed by atoms with Crippen LogP contribution in [0.5, 0.6) is 5.75 Å². The summed E-state index contributed by atoms with van der Waals surface area (Å²) < 4.78 is 10.6. The predicted octanol–water partition coefficient (Wildman–Crippen LogP) is 2.55. The van der Waals surface area contributed by atoms with Crippen LogP contribution in [0.2, 0.25) is 0 Å². The average molecular weight is 178 g/mol. The van der Waals surface area contributed by atoms with Gasteiger partial charge in [-0.1, -0.05) is 12.1 Å². The van der Waals surface area contributed by atoms with Crippen LogP contribution in [0.4, 0.5) is 0 Å². The molecule has 1 heterocycles. The summed E-state index contributed by atoms with van der Waals surface area (Å²) in [7, 11) is 1.67. The number of epoxide rings is 1. The quantitative estimate of drug-likeness (QED) is 0.649. The van der Waals surface area contributed by atoms with Gasteiger partial charge < -0.3 is 9.47 Å². The summed E-state index contributed by atoms with van der Waals surface area (Å²) in [6.07, 6.45) is 0.262. The molecule has 0 aliphatic carbocycles. The molecular formula is C11H14O2. The summed E-state index contributed by atoms with van der Waals surface area (Å²) >= 11 is 0. The molecule has 1 aromatic rings. The van der Waals surface area contributed by atoms with Crippen molar-refractivity contribution in [3.63, 3.8) is 0 Å². The van der Waals surface area contributed by atoms with Gasteiger partial charge in [-0.25, -0.2) is 0 Å². The Kier molecular flexibility index (Phi) is 1.81. The standard InChI is InChI=1S/C11H14O2/c1-11(2)10(13-11)8-4-6-9(12-3)7-5-8/h4-7,10H,1-3H3. The van der Waals surface area contributed by atoms with Crippen LogP contribution < -0.4 is 4.74 Å². The third-order valence-electron chi connectivity index (χ3n) is 2.41.